The molecular formula is C19H17ClN4O3. The highest BCUT2D eigenvalue weighted by Crippen LogP contribution is 2.26. The van der Waals surface area contributed by atoms with Crippen LogP contribution in [0.15, 0.2) is 47.5 Å². The Labute approximate surface area is 160 Å². The average molecular weight is 385 g/mol. The van der Waals surface area contributed by atoms with Gasteiger partial charge in [-0.3, -0.25) is 9.89 Å². The van der Waals surface area contributed by atoms with Gasteiger partial charge in [-0.05, 0) is 23.8 Å². The van der Waals surface area contributed by atoms with Crippen LogP contribution in [0.1, 0.15) is 27.2 Å². The van der Waals surface area contributed by atoms with E-state index in [-0.39, 0.29) is 17.1 Å². The summed E-state index contributed by atoms with van der Waals surface area (Å²) in [5, 5.41) is 17.4. The predicted octanol–water partition coefficient (Wildman–Crippen LogP) is 3.22. The van der Waals surface area contributed by atoms with E-state index in [0.29, 0.717) is 28.5 Å². The van der Waals surface area contributed by atoms with Crippen molar-refractivity contribution in [2.24, 2.45) is 10.7 Å². The van der Waals surface area contributed by atoms with Gasteiger partial charge in [0.25, 0.3) is 5.91 Å². The molecule has 27 heavy (non-hydrogen) atoms. The van der Waals surface area contributed by atoms with Gasteiger partial charge in [0.05, 0.1) is 12.8 Å². The van der Waals surface area contributed by atoms with E-state index >= 15 is 0 Å². The van der Waals surface area contributed by atoms with Crippen LogP contribution in [0.3, 0.4) is 0 Å². The van der Waals surface area contributed by atoms with Crippen LogP contribution in [-0.2, 0) is 6.42 Å². The number of H-pyrrole nitrogens is 1. The number of hydrogen-bond acceptors (Lipinski definition) is 5. The van der Waals surface area contributed by atoms with E-state index in [9.17, 15) is 9.90 Å². The Balaban J connectivity index is 1.92. The summed E-state index contributed by atoms with van der Waals surface area (Å²) in [6.07, 6.45) is 1.75. The number of nitrogens with one attached hydrogen (secondary N) is 1. The number of aromatic nitrogens is 2. The van der Waals surface area contributed by atoms with Crippen LogP contribution in [0.4, 0.5) is 5.82 Å². The highest BCUT2D eigenvalue weighted by atomic mass is 35.5. The fraction of sp³-hybridized carbons (Fsp3) is 0.105. The van der Waals surface area contributed by atoms with Gasteiger partial charge >= 0.3 is 0 Å². The van der Waals surface area contributed by atoms with Crippen LogP contribution in [0.2, 0.25) is 5.02 Å². The number of phenolic OH excluding ortho intramolecular Hbond substituents is 1. The molecule has 0 saturated heterocycles. The summed E-state index contributed by atoms with van der Waals surface area (Å²) in [5.74, 6) is -0.00787. The molecule has 0 spiro atoms. The second-order valence-corrected chi connectivity index (χ2v) is 6.12. The van der Waals surface area contributed by atoms with Crippen LogP contribution >= 0.6 is 11.6 Å². The average Bonchev–Trinajstić information content (AvgIpc) is 3.05. The van der Waals surface area contributed by atoms with Gasteiger partial charge in [0.15, 0.2) is 5.82 Å². The van der Waals surface area contributed by atoms with Gasteiger partial charge in [-0.15, -0.1) is 0 Å². The number of carbonyl (C=O) groups is 1. The zero-order valence-corrected chi connectivity index (χ0v) is 15.2. The Kier molecular flexibility index (Phi) is 5.42. The number of aromatic amines is 1. The maximum Gasteiger partial charge on any atom is 0.254 e. The Morgan fingerprint density at radius 3 is 2.81 bits per heavy atom. The highest BCUT2D eigenvalue weighted by Gasteiger charge is 2.18. The number of aromatic hydroxyl groups is 1. The number of methoxy groups -OCH3 is 1. The van der Waals surface area contributed by atoms with Crippen molar-refractivity contribution in [3.05, 3.63) is 69.9 Å². The molecule has 0 unspecified atom stereocenters. The molecule has 138 valence electrons. The number of halogens is 1. The lowest BCUT2D eigenvalue weighted by atomic mass is 10.1. The van der Waals surface area contributed by atoms with Gasteiger partial charge < -0.3 is 15.6 Å². The van der Waals surface area contributed by atoms with Crippen molar-refractivity contribution in [1.82, 2.24) is 10.2 Å². The molecule has 3 rings (SSSR count). The molecule has 0 aliphatic carbocycles. The van der Waals surface area contributed by atoms with Crippen molar-refractivity contribution in [2.75, 3.05) is 7.11 Å². The Hall–Kier alpha value is -3.32. The van der Waals surface area contributed by atoms with Crippen molar-refractivity contribution in [1.29, 1.82) is 0 Å². The van der Waals surface area contributed by atoms with E-state index < -0.39 is 5.91 Å². The third-order valence-corrected chi connectivity index (χ3v) is 4.33. The summed E-state index contributed by atoms with van der Waals surface area (Å²) >= 11 is 6.18. The molecule has 0 bridgehead atoms. The Morgan fingerprint density at radius 1 is 1.37 bits per heavy atom. The number of ether oxygens (including phenoxy) is 1. The summed E-state index contributed by atoms with van der Waals surface area (Å²) in [7, 11) is 1.51. The van der Waals surface area contributed by atoms with Gasteiger partial charge in [-0.2, -0.15) is 5.10 Å². The second kappa shape index (κ2) is 7.92. The van der Waals surface area contributed by atoms with Crippen molar-refractivity contribution < 1.29 is 14.6 Å². The molecule has 8 heteroatoms. The van der Waals surface area contributed by atoms with Crippen molar-refractivity contribution in [3.8, 4) is 11.5 Å². The van der Waals surface area contributed by atoms with E-state index in [2.05, 4.69) is 15.2 Å². The number of hydrogen-bond donors (Lipinski definition) is 3. The third-order valence-electron chi connectivity index (χ3n) is 3.96. The van der Waals surface area contributed by atoms with Gasteiger partial charge in [0.1, 0.15) is 17.1 Å². The lowest BCUT2D eigenvalue weighted by Gasteiger charge is -2.04. The van der Waals surface area contributed by atoms with E-state index in [1.807, 2.05) is 18.2 Å². The molecule has 3 aromatic rings. The quantitative estimate of drug-likeness (QED) is 0.566. The first kappa shape index (κ1) is 18.5. The lowest BCUT2D eigenvalue weighted by molar-refractivity contribution is 0.100. The van der Waals surface area contributed by atoms with Crippen LogP contribution < -0.4 is 10.5 Å². The molecular weight excluding hydrogens is 368 g/mol. The number of carbonyl (C=O) groups excluding carboxylic acids is 1. The van der Waals surface area contributed by atoms with Gasteiger partial charge in [-0.1, -0.05) is 29.8 Å². The van der Waals surface area contributed by atoms with Crippen LogP contribution in [0.5, 0.6) is 11.5 Å². The second-order valence-electron chi connectivity index (χ2n) is 5.72. The molecule has 1 amide bonds. The number of benzene rings is 2. The molecule has 0 aliphatic heterocycles. The first-order chi connectivity index (χ1) is 13.0. The fourth-order valence-corrected chi connectivity index (χ4v) is 2.77. The number of nitrogens with two attached hydrogens (primary N) is 1. The summed E-state index contributed by atoms with van der Waals surface area (Å²) in [4.78, 5) is 16.1. The molecule has 7 nitrogen and oxygen atoms in total. The number of nitrogens with zero attached hydrogens (tertiary/aromatic N) is 2. The molecule has 0 aliphatic rings. The summed E-state index contributed by atoms with van der Waals surface area (Å²) in [5.41, 5.74) is 7.49. The van der Waals surface area contributed by atoms with Crippen molar-refractivity contribution in [2.45, 2.75) is 6.42 Å². The van der Waals surface area contributed by atoms with Gasteiger partial charge in [-0.25, -0.2) is 4.99 Å². The number of amides is 1. The monoisotopic (exact) mass is 384 g/mol. The first-order valence-corrected chi connectivity index (χ1v) is 8.39. The van der Waals surface area contributed by atoms with Gasteiger partial charge in [0, 0.05) is 29.3 Å². The third kappa shape index (κ3) is 4.09. The van der Waals surface area contributed by atoms with Crippen LogP contribution in [0, 0.1) is 0 Å². The van der Waals surface area contributed by atoms with Crippen LogP contribution in [0.25, 0.3) is 0 Å². The molecule has 1 heterocycles. The minimum Gasteiger partial charge on any atom is -0.507 e. The number of rotatable bonds is 6. The maximum atomic E-state index is 11.9. The van der Waals surface area contributed by atoms with E-state index in [4.69, 9.17) is 22.1 Å². The molecule has 0 atom stereocenters. The number of phenols is 1. The van der Waals surface area contributed by atoms with E-state index in [1.165, 1.54) is 19.4 Å². The van der Waals surface area contributed by atoms with Gasteiger partial charge in [0.2, 0.25) is 0 Å². The largest absolute Gasteiger partial charge is 0.507 e. The number of primary amides is 1. The maximum absolute atomic E-state index is 11.9. The Bertz CT molecular complexity index is 1010. The lowest BCUT2D eigenvalue weighted by Crippen LogP contribution is -2.13. The van der Waals surface area contributed by atoms with Crippen molar-refractivity contribution >= 4 is 29.5 Å². The molecule has 4 N–H and O–H groups in total. The smallest absolute Gasteiger partial charge is 0.254 e. The zero-order valence-electron chi connectivity index (χ0n) is 14.4. The van der Waals surface area contributed by atoms with Crippen LogP contribution in [-0.4, -0.2) is 34.5 Å². The highest BCUT2D eigenvalue weighted by molar-refractivity contribution is 6.31. The normalized spacial score (nSPS) is 11.0. The van der Waals surface area contributed by atoms with Crippen molar-refractivity contribution in [3.63, 3.8) is 0 Å². The zero-order chi connectivity index (χ0) is 19.4. The molecule has 0 saturated carbocycles. The summed E-state index contributed by atoms with van der Waals surface area (Å²) in [6, 6.07) is 12.1. The Morgan fingerprint density at radius 2 is 2.15 bits per heavy atom. The first-order valence-electron chi connectivity index (χ1n) is 8.01. The molecule has 2 aromatic carbocycles. The minimum atomic E-state index is -0.656. The minimum absolute atomic E-state index is 0.00875. The predicted molar refractivity (Wildman–Crippen MR) is 103 cm³/mol. The standard InChI is InChI=1S/C19H17ClN4O3/c1-27-13-7-6-12(16(25)9-13)10-22-19-17(18(21)26)15(23-24-19)8-11-4-2-3-5-14(11)20/h2-7,9-10,25H,8H2,1H3,(H2,21,26)(H,23,24). The fourth-order valence-electron chi connectivity index (χ4n) is 2.57. The summed E-state index contributed by atoms with van der Waals surface area (Å²) < 4.78 is 5.04. The molecule has 0 fully saturated rings. The van der Waals surface area contributed by atoms with E-state index in [1.54, 1.807) is 18.2 Å². The molecule has 1 aromatic heterocycles. The van der Waals surface area contributed by atoms with E-state index in [0.717, 1.165) is 5.56 Å². The molecule has 0 radical (unpaired) electrons. The summed E-state index contributed by atoms with van der Waals surface area (Å²) in [6.45, 7) is 0. The SMILES string of the molecule is COc1ccc(C=Nc2n[nH]c(Cc3ccccc3Cl)c2C(N)=O)c(O)c1. The number of aliphatic imine (C=N–C) groups is 1. The topological polar surface area (TPSA) is 114 Å².